The maximum Gasteiger partial charge on any atom is 0.224 e. The van der Waals surface area contributed by atoms with E-state index >= 15 is 0 Å². The molecular weight excluding hydrogens is 518 g/mol. The molecule has 0 unspecified atom stereocenters. The van der Waals surface area contributed by atoms with Gasteiger partial charge in [0, 0.05) is 41.4 Å². The van der Waals surface area contributed by atoms with Crippen molar-refractivity contribution in [3.63, 3.8) is 0 Å². The molecule has 5 rings (SSSR count). The molecule has 2 aromatic carbocycles. The van der Waals surface area contributed by atoms with E-state index in [4.69, 9.17) is 21.9 Å². The van der Waals surface area contributed by atoms with Crippen LogP contribution in [0, 0.1) is 13.8 Å². The van der Waals surface area contributed by atoms with Gasteiger partial charge in [-0.3, -0.25) is 9.78 Å². The number of carbonyl (C=O) groups is 1. The van der Waals surface area contributed by atoms with Crippen LogP contribution < -0.4 is 20.3 Å². The highest BCUT2D eigenvalue weighted by atomic mass is 32.1. The zero-order valence-corrected chi connectivity index (χ0v) is 24.4. The lowest BCUT2D eigenvalue weighted by molar-refractivity contribution is -0.115. The van der Waals surface area contributed by atoms with Crippen molar-refractivity contribution in [3.8, 4) is 11.4 Å². The molecule has 7 nitrogen and oxygen atoms in total. The molecule has 1 saturated heterocycles. The normalized spacial score (nSPS) is 16.6. The zero-order valence-electron chi connectivity index (χ0n) is 23.6. The molecule has 0 spiro atoms. The van der Waals surface area contributed by atoms with E-state index in [0.29, 0.717) is 23.0 Å². The van der Waals surface area contributed by atoms with Crippen molar-refractivity contribution in [2.45, 2.75) is 52.6 Å². The Morgan fingerprint density at radius 3 is 2.55 bits per heavy atom. The van der Waals surface area contributed by atoms with Gasteiger partial charge < -0.3 is 24.8 Å². The van der Waals surface area contributed by atoms with Crippen LogP contribution in [0.25, 0.3) is 5.69 Å². The van der Waals surface area contributed by atoms with Gasteiger partial charge in [0.1, 0.15) is 5.75 Å². The summed E-state index contributed by atoms with van der Waals surface area (Å²) in [6.07, 6.45) is 3.14. The number of amides is 1. The van der Waals surface area contributed by atoms with Crippen molar-refractivity contribution in [3.05, 3.63) is 101 Å². The lowest BCUT2D eigenvalue weighted by Gasteiger charge is -2.29. The molecule has 4 aromatic rings. The van der Waals surface area contributed by atoms with E-state index in [2.05, 4.69) is 71.2 Å². The minimum atomic E-state index is -0.172. The minimum Gasteiger partial charge on any atom is -0.494 e. The van der Waals surface area contributed by atoms with Crippen LogP contribution in [0.4, 0.5) is 11.4 Å². The lowest BCUT2D eigenvalue weighted by Crippen LogP contribution is -2.29. The Bertz CT molecular complexity index is 1550. The van der Waals surface area contributed by atoms with Gasteiger partial charge in [-0.05, 0) is 80.0 Å². The van der Waals surface area contributed by atoms with Gasteiger partial charge >= 0.3 is 0 Å². The minimum absolute atomic E-state index is 0.0719. The van der Waals surface area contributed by atoms with E-state index in [-0.39, 0.29) is 18.0 Å². The number of carbonyl (C=O) groups excluding carboxylic acids is 1. The van der Waals surface area contributed by atoms with Crippen molar-refractivity contribution in [1.82, 2.24) is 14.9 Å². The number of hydrogen-bond donors (Lipinski definition) is 2. The van der Waals surface area contributed by atoms with Gasteiger partial charge in [-0.2, -0.15) is 0 Å². The van der Waals surface area contributed by atoms with Gasteiger partial charge in [0.2, 0.25) is 5.91 Å². The molecule has 1 aliphatic rings. The maximum absolute atomic E-state index is 12.1. The summed E-state index contributed by atoms with van der Waals surface area (Å²) < 4.78 is 8.03. The number of benzene rings is 2. The first-order chi connectivity index (χ1) is 19.4. The summed E-state index contributed by atoms with van der Waals surface area (Å²) in [5, 5.41) is 7.08. The number of rotatable bonds is 8. The van der Waals surface area contributed by atoms with E-state index in [1.54, 1.807) is 7.11 Å². The molecule has 0 saturated carbocycles. The molecule has 40 heavy (non-hydrogen) atoms. The third kappa shape index (κ3) is 4.95. The Balaban J connectivity index is 1.66. The molecule has 206 valence electrons. The third-order valence-electron chi connectivity index (χ3n) is 7.56. The van der Waals surface area contributed by atoms with E-state index < -0.39 is 0 Å². The number of aromatic nitrogens is 2. The summed E-state index contributed by atoms with van der Waals surface area (Å²) in [4.78, 5) is 18.9. The van der Waals surface area contributed by atoms with Gasteiger partial charge in [-0.25, -0.2) is 0 Å². The first kappa shape index (κ1) is 27.4. The lowest BCUT2D eigenvalue weighted by atomic mass is 9.96. The number of thiocarbonyl (C=S) groups is 1. The molecule has 2 N–H and O–H groups in total. The Morgan fingerprint density at radius 1 is 1.07 bits per heavy atom. The van der Waals surface area contributed by atoms with Crippen molar-refractivity contribution in [1.29, 1.82) is 0 Å². The summed E-state index contributed by atoms with van der Waals surface area (Å²) in [6, 6.07) is 22.2. The molecule has 8 heteroatoms. The number of nitrogens with one attached hydrogen (secondary N) is 2. The molecule has 0 bridgehead atoms. The largest absolute Gasteiger partial charge is 0.494 e. The molecular formula is C32H35N5O2S. The van der Waals surface area contributed by atoms with Crippen molar-refractivity contribution in [2.75, 3.05) is 17.3 Å². The number of para-hydroxylation sites is 1. The fourth-order valence-electron chi connectivity index (χ4n) is 5.61. The highest BCUT2D eigenvalue weighted by Crippen LogP contribution is 2.45. The number of ether oxygens (including phenoxy) is 1. The average Bonchev–Trinajstić information content (AvgIpc) is 3.48. The quantitative estimate of drug-likeness (QED) is 0.240. The monoisotopic (exact) mass is 553 g/mol. The van der Waals surface area contributed by atoms with E-state index in [1.807, 2.05) is 49.5 Å². The van der Waals surface area contributed by atoms with Crippen LogP contribution in [0.5, 0.6) is 5.75 Å². The second-order valence-electron chi connectivity index (χ2n) is 9.93. The summed E-state index contributed by atoms with van der Waals surface area (Å²) >= 11 is 5.96. The fourth-order valence-corrected chi connectivity index (χ4v) is 5.95. The summed E-state index contributed by atoms with van der Waals surface area (Å²) in [5.41, 5.74) is 8.36. The van der Waals surface area contributed by atoms with Crippen molar-refractivity contribution in [2.24, 2.45) is 0 Å². The topological polar surface area (TPSA) is 71.4 Å². The van der Waals surface area contributed by atoms with Gasteiger partial charge in [-0.1, -0.05) is 38.1 Å². The van der Waals surface area contributed by atoms with Gasteiger partial charge in [0.25, 0.3) is 0 Å². The first-order valence-corrected chi connectivity index (χ1v) is 14.0. The van der Waals surface area contributed by atoms with Gasteiger partial charge in [-0.15, -0.1) is 0 Å². The molecule has 3 heterocycles. The van der Waals surface area contributed by atoms with Gasteiger partial charge in [0.15, 0.2) is 5.11 Å². The number of aryl methyl sites for hydroxylation is 2. The van der Waals surface area contributed by atoms with E-state index in [9.17, 15) is 4.79 Å². The summed E-state index contributed by atoms with van der Waals surface area (Å²) in [7, 11) is 1.61. The van der Waals surface area contributed by atoms with Crippen LogP contribution in [0.2, 0.25) is 0 Å². The third-order valence-corrected chi connectivity index (χ3v) is 7.87. The number of pyridine rings is 1. The van der Waals surface area contributed by atoms with Crippen LogP contribution >= 0.6 is 12.2 Å². The molecule has 1 aliphatic heterocycles. The van der Waals surface area contributed by atoms with Gasteiger partial charge in [0.05, 0.1) is 30.6 Å². The zero-order chi connectivity index (χ0) is 28.4. The number of hydrogen-bond acceptors (Lipinski definition) is 4. The van der Waals surface area contributed by atoms with Crippen LogP contribution in [0.3, 0.4) is 0 Å². The highest BCUT2D eigenvalue weighted by molar-refractivity contribution is 7.80. The fraction of sp³-hybridized carbons (Fsp3) is 0.281. The van der Waals surface area contributed by atoms with Crippen molar-refractivity contribution < 1.29 is 9.53 Å². The predicted octanol–water partition coefficient (Wildman–Crippen LogP) is 6.59. The van der Waals surface area contributed by atoms with Crippen LogP contribution in [0.15, 0.2) is 72.9 Å². The van der Waals surface area contributed by atoms with E-state index in [0.717, 1.165) is 34.8 Å². The van der Waals surface area contributed by atoms with Crippen molar-refractivity contribution >= 4 is 34.6 Å². The van der Waals surface area contributed by atoms with E-state index in [1.165, 1.54) is 11.3 Å². The smallest absolute Gasteiger partial charge is 0.224 e. The highest BCUT2D eigenvalue weighted by Gasteiger charge is 2.42. The summed E-state index contributed by atoms with van der Waals surface area (Å²) in [5.74, 6) is 0.502. The number of methoxy groups -OCH3 is 1. The molecule has 1 fully saturated rings. The Morgan fingerprint density at radius 2 is 1.85 bits per heavy atom. The maximum atomic E-state index is 12.1. The first-order valence-electron chi connectivity index (χ1n) is 13.6. The Hall–Kier alpha value is -4.17. The predicted molar refractivity (Wildman–Crippen MR) is 164 cm³/mol. The average molecular weight is 554 g/mol. The van der Waals surface area contributed by atoms with Crippen LogP contribution in [-0.4, -0.2) is 27.7 Å². The molecule has 2 atom stereocenters. The van der Waals surface area contributed by atoms with Crippen LogP contribution in [0.1, 0.15) is 60.6 Å². The molecule has 1 amide bonds. The standard InChI is InChI=1S/C32H35N5O2S/c1-6-22-12-8-9-14-27(22)36-20(3)18-24(21(36)4)31-30(26-13-10-11-17-33-26)35-32(40)37(31)23-15-16-25(28(19-23)39-5)34-29(38)7-2/h8-19,30-31H,6-7H2,1-5H3,(H,34,38)(H,35,40)/t30-,31-/m1/s1. The molecule has 2 aromatic heterocycles. The SMILES string of the molecule is CCC(=O)Nc1ccc(N2C(=S)N[C@H](c3ccccn3)[C@H]2c2cc(C)n(-c3ccccc3CC)c2C)cc1OC. The molecule has 0 aliphatic carbocycles. The Kier molecular flexibility index (Phi) is 7.89. The number of nitrogens with zero attached hydrogens (tertiary/aromatic N) is 3. The van der Waals surface area contributed by atoms with Crippen LogP contribution in [-0.2, 0) is 11.2 Å². The second-order valence-corrected chi connectivity index (χ2v) is 10.3. The number of anilines is 2. The second kappa shape index (κ2) is 11.5. The Labute approximate surface area is 241 Å². The molecule has 0 radical (unpaired) electrons. The summed E-state index contributed by atoms with van der Waals surface area (Å²) in [6.45, 7) is 8.33.